The number of halogens is 1. The molecular formula is C31H37ClN4O4. The van der Waals surface area contributed by atoms with E-state index in [2.05, 4.69) is 46.3 Å². The molecule has 0 spiro atoms. The summed E-state index contributed by atoms with van der Waals surface area (Å²) in [7, 11) is 1.67. The number of para-hydroxylation sites is 2. The van der Waals surface area contributed by atoms with Crippen molar-refractivity contribution in [3.8, 4) is 5.75 Å². The van der Waals surface area contributed by atoms with Gasteiger partial charge in [0.1, 0.15) is 5.75 Å². The number of amides is 1. The molecule has 0 unspecified atom stereocenters. The minimum absolute atomic E-state index is 0. The van der Waals surface area contributed by atoms with Gasteiger partial charge in [0.25, 0.3) is 0 Å². The van der Waals surface area contributed by atoms with Crippen LogP contribution >= 0.6 is 12.4 Å². The minimum atomic E-state index is -0.274. The third-order valence-corrected chi connectivity index (χ3v) is 7.37. The van der Waals surface area contributed by atoms with Gasteiger partial charge in [-0.1, -0.05) is 54.6 Å². The number of nitrogens with zero attached hydrogens (tertiary/aromatic N) is 3. The number of piperidine rings is 1. The Morgan fingerprint density at radius 3 is 2.27 bits per heavy atom. The molecule has 1 fully saturated rings. The lowest BCUT2D eigenvalue weighted by atomic mass is 10.0. The lowest BCUT2D eigenvalue weighted by molar-refractivity contribution is 0.0841. The van der Waals surface area contributed by atoms with Crippen LogP contribution in [0.25, 0.3) is 11.0 Å². The molecular weight excluding hydrogens is 528 g/mol. The van der Waals surface area contributed by atoms with Gasteiger partial charge >= 0.3 is 11.8 Å². The van der Waals surface area contributed by atoms with Gasteiger partial charge in [-0.3, -0.25) is 9.47 Å². The van der Waals surface area contributed by atoms with Crippen LogP contribution in [0.15, 0.2) is 83.7 Å². The Hall–Kier alpha value is -3.75. The molecule has 1 N–H and O–H groups in total. The molecule has 5 rings (SSSR count). The number of hydrogen-bond donors (Lipinski definition) is 1. The largest absolute Gasteiger partial charge is 0.497 e. The van der Waals surface area contributed by atoms with Crippen LogP contribution in [0.4, 0.5) is 4.79 Å². The lowest BCUT2D eigenvalue weighted by Crippen LogP contribution is -2.41. The average molecular weight is 565 g/mol. The van der Waals surface area contributed by atoms with Crippen molar-refractivity contribution in [3.05, 3.63) is 100 Å². The summed E-state index contributed by atoms with van der Waals surface area (Å²) in [4.78, 5) is 32.4. The number of carbonyl (C=O) groups excluding carboxylic acids is 1. The number of carbonyl (C=O) groups is 1. The van der Waals surface area contributed by atoms with Crippen LogP contribution in [0, 0.1) is 0 Å². The summed E-state index contributed by atoms with van der Waals surface area (Å²) in [5, 5.41) is 0. The predicted molar refractivity (Wildman–Crippen MR) is 159 cm³/mol. The molecule has 1 saturated heterocycles. The van der Waals surface area contributed by atoms with E-state index in [4.69, 9.17) is 9.47 Å². The van der Waals surface area contributed by atoms with Gasteiger partial charge in [-0.05, 0) is 54.7 Å². The number of imidazole rings is 1. The van der Waals surface area contributed by atoms with Crippen molar-refractivity contribution in [3.63, 3.8) is 0 Å². The van der Waals surface area contributed by atoms with Gasteiger partial charge in [0.2, 0.25) is 0 Å². The Balaban J connectivity index is 0.00000370. The Morgan fingerprint density at radius 2 is 1.57 bits per heavy atom. The Labute approximate surface area is 240 Å². The maximum Gasteiger partial charge on any atom is 0.409 e. The number of ether oxygens (including phenoxy) is 2. The number of H-pyrrole nitrogens is 1. The normalized spacial score (nSPS) is 13.8. The third kappa shape index (κ3) is 7.25. The Morgan fingerprint density at radius 1 is 0.925 bits per heavy atom. The molecule has 4 aromatic rings. The highest BCUT2D eigenvalue weighted by Crippen LogP contribution is 2.25. The molecule has 212 valence electrons. The molecule has 9 heteroatoms. The fraction of sp³-hybridized carbons (Fsp3) is 0.355. The van der Waals surface area contributed by atoms with E-state index in [9.17, 15) is 9.59 Å². The van der Waals surface area contributed by atoms with Crippen molar-refractivity contribution in [2.75, 3.05) is 33.4 Å². The first kappa shape index (κ1) is 29.2. The maximum absolute atomic E-state index is 12.8. The van der Waals surface area contributed by atoms with Crippen LogP contribution in [0.2, 0.25) is 0 Å². The Kier molecular flexibility index (Phi) is 10.3. The average Bonchev–Trinajstić information content (AvgIpc) is 3.31. The number of methoxy groups -OCH3 is 1. The molecule has 1 aromatic heterocycles. The van der Waals surface area contributed by atoms with Gasteiger partial charge in [-0.15, -0.1) is 12.4 Å². The molecule has 1 aliphatic heterocycles. The standard InChI is InChI=1S/C31H36N4O4.ClH/c1-38-27-14-12-25(13-15-27)23-33(22-24-8-3-2-4-9-24)18-7-21-39-31(37)34-19-16-26(17-20-34)35-29-11-6-5-10-28(29)32-30(35)36;/h2-6,8-15,26H,7,16-23H2,1H3,(H,32,36);1H. The van der Waals surface area contributed by atoms with Crippen molar-refractivity contribution in [2.45, 2.75) is 38.4 Å². The third-order valence-electron chi connectivity index (χ3n) is 7.37. The number of nitrogens with one attached hydrogen (secondary N) is 1. The number of hydrogen-bond acceptors (Lipinski definition) is 5. The summed E-state index contributed by atoms with van der Waals surface area (Å²) in [6.45, 7) is 3.95. The monoisotopic (exact) mass is 564 g/mol. The SMILES string of the molecule is COc1ccc(CN(CCCOC(=O)N2CCC(n3c(=O)[nH]c4ccccc43)CC2)Cc2ccccc2)cc1.Cl. The van der Waals surface area contributed by atoms with E-state index in [0.29, 0.717) is 19.7 Å². The lowest BCUT2D eigenvalue weighted by Gasteiger charge is -2.32. The second kappa shape index (κ2) is 14.1. The van der Waals surface area contributed by atoms with Crippen LogP contribution in [-0.2, 0) is 17.8 Å². The number of fused-ring (bicyclic) bond motifs is 1. The quantitative estimate of drug-likeness (QED) is 0.253. The number of rotatable bonds is 10. The first-order chi connectivity index (χ1) is 19.1. The van der Waals surface area contributed by atoms with E-state index in [-0.39, 0.29) is 30.2 Å². The fourth-order valence-corrected chi connectivity index (χ4v) is 5.33. The van der Waals surface area contributed by atoms with Gasteiger partial charge in [-0.2, -0.15) is 0 Å². The van der Waals surface area contributed by atoms with Crippen LogP contribution < -0.4 is 10.4 Å². The van der Waals surface area contributed by atoms with E-state index in [1.54, 1.807) is 12.0 Å². The van der Waals surface area contributed by atoms with Gasteiger partial charge in [-0.25, -0.2) is 9.59 Å². The van der Waals surface area contributed by atoms with Crippen molar-refractivity contribution in [1.29, 1.82) is 0 Å². The molecule has 0 radical (unpaired) electrons. The summed E-state index contributed by atoms with van der Waals surface area (Å²) < 4.78 is 12.8. The zero-order valence-electron chi connectivity index (χ0n) is 22.8. The Bertz CT molecular complexity index is 1410. The van der Waals surface area contributed by atoms with Crippen LogP contribution in [0.5, 0.6) is 5.75 Å². The van der Waals surface area contributed by atoms with Gasteiger partial charge in [0.05, 0.1) is 24.8 Å². The minimum Gasteiger partial charge on any atom is -0.497 e. The summed E-state index contributed by atoms with van der Waals surface area (Å²) in [5.74, 6) is 0.845. The number of aromatic amines is 1. The first-order valence-electron chi connectivity index (χ1n) is 13.6. The molecule has 8 nitrogen and oxygen atoms in total. The summed E-state index contributed by atoms with van der Waals surface area (Å²) >= 11 is 0. The van der Waals surface area contributed by atoms with Gasteiger partial charge in [0, 0.05) is 38.8 Å². The first-order valence-corrected chi connectivity index (χ1v) is 13.6. The van der Waals surface area contributed by atoms with Crippen LogP contribution in [0.1, 0.15) is 36.4 Å². The topological polar surface area (TPSA) is 79.8 Å². The van der Waals surface area contributed by atoms with Crippen molar-refractivity contribution < 1.29 is 14.3 Å². The van der Waals surface area contributed by atoms with Crippen molar-refractivity contribution in [1.82, 2.24) is 19.4 Å². The molecule has 3 aromatic carbocycles. The summed E-state index contributed by atoms with van der Waals surface area (Å²) in [5.41, 5.74) is 4.13. The predicted octanol–water partition coefficient (Wildman–Crippen LogP) is 5.63. The van der Waals surface area contributed by atoms with Gasteiger partial charge in [0.15, 0.2) is 0 Å². The molecule has 0 aliphatic carbocycles. The van der Waals surface area contributed by atoms with Crippen LogP contribution in [-0.4, -0.2) is 58.8 Å². The molecule has 0 saturated carbocycles. The molecule has 1 amide bonds. The van der Waals surface area contributed by atoms with Crippen molar-refractivity contribution >= 4 is 29.5 Å². The zero-order valence-corrected chi connectivity index (χ0v) is 23.6. The van der Waals surface area contributed by atoms with E-state index in [1.807, 2.05) is 47.0 Å². The highest BCUT2D eigenvalue weighted by Gasteiger charge is 2.26. The molecule has 0 atom stereocenters. The fourth-order valence-electron chi connectivity index (χ4n) is 5.33. The highest BCUT2D eigenvalue weighted by atomic mass is 35.5. The number of benzene rings is 3. The summed E-state index contributed by atoms with van der Waals surface area (Å²) in [6.07, 6.45) is 1.92. The van der Waals surface area contributed by atoms with Crippen LogP contribution in [0.3, 0.4) is 0 Å². The molecule has 2 heterocycles. The number of likely N-dealkylation sites (tertiary alicyclic amines) is 1. The van der Waals surface area contributed by atoms with Crippen molar-refractivity contribution in [2.24, 2.45) is 0 Å². The second-order valence-electron chi connectivity index (χ2n) is 10.0. The van der Waals surface area contributed by atoms with Gasteiger partial charge < -0.3 is 19.4 Å². The summed E-state index contributed by atoms with van der Waals surface area (Å²) in [6, 6.07) is 26.4. The van der Waals surface area contributed by atoms with E-state index in [0.717, 1.165) is 55.7 Å². The van der Waals surface area contributed by atoms with E-state index in [1.165, 1.54) is 11.1 Å². The van der Waals surface area contributed by atoms with E-state index < -0.39 is 0 Å². The molecule has 40 heavy (non-hydrogen) atoms. The second-order valence-corrected chi connectivity index (χ2v) is 10.0. The number of aromatic nitrogens is 2. The molecule has 0 bridgehead atoms. The maximum atomic E-state index is 12.8. The smallest absolute Gasteiger partial charge is 0.409 e. The highest BCUT2D eigenvalue weighted by molar-refractivity contribution is 5.85. The van der Waals surface area contributed by atoms with E-state index >= 15 is 0 Å². The zero-order chi connectivity index (χ0) is 27.0. The molecule has 1 aliphatic rings.